The lowest BCUT2D eigenvalue weighted by Gasteiger charge is -2.27. The molecule has 200 valence electrons. The fourth-order valence-corrected chi connectivity index (χ4v) is 5.16. The first-order valence-corrected chi connectivity index (χ1v) is 12.8. The predicted molar refractivity (Wildman–Crippen MR) is 145 cm³/mol. The molecular weight excluding hydrogens is 484 g/mol. The maximum absolute atomic E-state index is 13.1. The Labute approximate surface area is 223 Å². The molecular formula is C30H34N2O6. The van der Waals surface area contributed by atoms with Crippen LogP contribution in [0.25, 0.3) is 0 Å². The predicted octanol–water partition coefficient (Wildman–Crippen LogP) is 5.24. The molecule has 8 heteroatoms. The van der Waals surface area contributed by atoms with E-state index in [0.717, 1.165) is 22.4 Å². The van der Waals surface area contributed by atoms with Crippen molar-refractivity contribution in [2.24, 2.45) is 5.92 Å². The number of aryl methyl sites for hydroxylation is 1. The summed E-state index contributed by atoms with van der Waals surface area (Å²) in [5.41, 5.74) is 3.35. The Hall–Kier alpha value is -4.04. The molecule has 3 atom stereocenters. The highest BCUT2D eigenvalue weighted by atomic mass is 16.7. The second-order valence-corrected chi connectivity index (χ2v) is 9.09. The molecule has 0 saturated carbocycles. The van der Waals surface area contributed by atoms with Gasteiger partial charge in [-0.05, 0) is 53.9 Å². The van der Waals surface area contributed by atoms with Gasteiger partial charge in [-0.1, -0.05) is 50.2 Å². The second kappa shape index (κ2) is 12.0. The number of para-hydroxylation sites is 1. The van der Waals surface area contributed by atoms with Gasteiger partial charge in [0.25, 0.3) is 0 Å². The second-order valence-electron chi connectivity index (χ2n) is 9.09. The zero-order valence-corrected chi connectivity index (χ0v) is 22.1. The van der Waals surface area contributed by atoms with Gasteiger partial charge >= 0.3 is 5.97 Å². The van der Waals surface area contributed by atoms with E-state index in [-0.39, 0.29) is 25.2 Å². The maximum atomic E-state index is 13.1. The van der Waals surface area contributed by atoms with E-state index in [2.05, 4.69) is 5.32 Å². The summed E-state index contributed by atoms with van der Waals surface area (Å²) in [6.45, 7) is 6.53. The van der Waals surface area contributed by atoms with Crippen LogP contribution < -0.4 is 19.5 Å². The molecule has 2 aliphatic rings. The number of carboxylic acid groups (broad SMARTS) is 1. The summed E-state index contributed by atoms with van der Waals surface area (Å²) in [7, 11) is 1.59. The fraction of sp³-hybridized carbons (Fsp3) is 0.333. The topological polar surface area (TPSA) is 97.3 Å². The average molecular weight is 519 g/mol. The minimum Gasteiger partial charge on any atom is -0.497 e. The van der Waals surface area contributed by atoms with Gasteiger partial charge in [-0.15, -0.1) is 0 Å². The number of anilines is 1. The zero-order valence-electron chi connectivity index (χ0n) is 22.1. The van der Waals surface area contributed by atoms with Crippen molar-refractivity contribution in [3.63, 3.8) is 0 Å². The summed E-state index contributed by atoms with van der Waals surface area (Å²) in [5.74, 6) is -0.308. The number of methoxy groups -OCH3 is 1. The number of rotatable bonds is 7. The average Bonchev–Trinajstić information content (AvgIpc) is 3.55. The highest BCUT2D eigenvalue weighted by molar-refractivity contribution is 5.93. The van der Waals surface area contributed by atoms with Crippen LogP contribution in [0.5, 0.6) is 17.2 Å². The van der Waals surface area contributed by atoms with Crippen molar-refractivity contribution >= 4 is 17.6 Å². The number of aliphatic carboxylic acids is 1. The standard InChI is InChI=1S/C28H28N2O6.C2H6/c1-17-5-3-4-6-22(17)29-25(31)15-30-14-21(19-9-12-23-24(13-19)36-16-35-23)26(28(32)33)27(30)18-7-10-20(34-2)11-8-18;1-2/h3-13,21,26-27H,14-16H2,1-2H3,(H,29,31)(H,32,33);1-2H3. The Bertz CT molecular complexity index is 1280. The molecule has 1 saturated heterocycles. The van der Waals surface area contributed by atoms with Crippen LogP contribution in [-0.4, -0.2) is 48.9 Å². The molecule has 2 aliphatic heterocycles. The van der Waals surface area contributed by atoms with Crippen LogP contribution in [0.15, 0.2) is 66.7 Å². The third-order valence-electron chi connectivity index (χ3n) is 6.93. The third kappa shape index (κ3) is 5.60. The lowest BCUT2D eigenvalue weighted by atomic mass is 9.82. The van der Waals surface area contributed by atoms with Crippen molar-refractivity contribution in [3.05, 3.63) is 83.4 Å². The lowest BCUT2D eigenvalue weighted by molar-refractivity contribution is -0.143. The Morgan fingerprint density at radius 1 is 1.00 bits per heavy atom. The number of nitrogens with zero attached hydrogens (tertiary/aromatic N) is 1. The van der Waals surface area contributed by atoms with Gasteiger partial charge in [-0.3, -0.25) is 14.5 Å². The van der Waals surface area contributed by atoms with Crippen molar-refractivity contribution in [1.82, 2.24) is 4.90 Å². The Balaban J connectivity index is 0.00000164. The van der Waals surface area contributed by atoms with Crippen LogP contribution in [0.1, 0.15) is 42.5 Å². The van der Waals surface area contributed by atoms with E-state index in [0.29, 0.717) is 23.8 Å². The van der Waals surface area contributed by atoms with Gasteiger partial charge in [0.2, 0.25) is 12.7 Å². The van der Waals surface area contributed by atoms with Gasteiger partial charge in [0.15, 0.2) is 11.5 Å². The van der Waals surface area contributed by atoms with Crippen molar-refractivity contribution < 1.29 is 28.9 Å². The van der Waals surface area contributed by atoms with Crippen LogP contribution in [0.2, 0.25) is 0 Å². The molecule has 3 aromatic carbocycles. The smallest absolute Gasteiger partial charge is 0.309 e. The van der Waals surface area contributed by atoms with E-state index in [1.54, 1.807) is 7.11 Å². The quantitative estimate of drug-likeness (QED) is 0.442. The molecule has 38 heavy (non-hydrogen) atoms. The number of ether oxygens (including phenoxy) is 3. The molecule has 0 aliphatic carbocycles. The summed E-state index contributed by atoms with van der Waals surface area (Å²) in [6, 6.07) is 20.0. The SMILES string of the molecule is CC.COc1ccc(C2C(C(=O)O)C(c3ccc4c(c3)OCO4)CN2CC(=O)Nc2ccccc2C)cc1. The third-order valence-corrected chi connectivity index (χ3v) is 6.93. The van der Waals surface area contributed by atoms with Crippen molar-refractivity contribution in [2.45, 2.75) is 32.7 Å². The first-order chi connectivity index (χ1) is 18.4. The van der Waals surface area contributed by atoms with Crippen molar-refractivity contribution in [1.29, 1.82) is 0 Å². The van der Waals surface area contributed by atoms with E-state index in [1.807, 2.05) is 92.4 Å². The van der Waals surface area contributed by atoms with E-state index in [9.17, 15) is 14.7 Å². The van der Waals surface area contributed by atoms with Crippen molar-refractivity contribution in [3.8, 4) is 17.2 Å². The maximum Gasteiger partial charge on any atom is 0.309 e. The summed E-state index contributed by atoms with van der Waals surface area (Å²) in [4.78, 5) is 27.7. The van der Waals surface area contributed by atoms with E-state index < -0.39 is 17.9 Å². The summed E-state index contributed by atoms with van der Waals surface area (Å²) in [6.07, 6.45) is 0. The number of carboxylic acids is 1. The Kier molecular flexibility index (Phi) is 8.53. The molecule has 3 aromatic rings. The van der Waals surface area contributed by atoms with Gasteiger partial charge < -0.3 is 24.6 Å². The normalized spacial score (nSPS) is 19.8. The summed E-state index contributed by atoms with van der Waals surface area (Å²) < 4.78 is 16.3. The number of hydrogen-bond acceptors (Lipinski definition) is 6. The minimum absolute atomic E-state index is 0.0515. The highest BCUT2D eigenvalue weighted by Gasteiger charge is 2.48. The van der Waals surface area contributed by atoms with Gasteiger partial charge in [0.05, 0.1) is 19.6 Å². The molecule has 5 rings (SSSR count). The van der Waals surface area contributed by atoms with Crippen LogP contribution in [0.4, 0.5) is 5.69 Å². The largest absolute Gasteiger partial charge is 0.497 e. The van der Waals surface area contributed by atoms with Crippen LogP contribution in [-0.2, 0) is 9.59 Å². The Morgan fingerprint density at radius 2 is 1.68 bits per heavy atom. The number of hydrogen-bond donors (Lipinski definition) is 2. The number of carbonyl (C=O) groups is 2. The Morgan fingerprint density at radius 3 is 2.37 bits per heavy atom. The van der Waals surface area contributed by atoms with E-state index in [1.165, 1.54) is 0 Å². The minimum atomic E-state index is -0.916. The van der Waals surface area contributed by atoms with Gasteiger partial charge in [-0.25, -0.2) is 0 Å². The number of benzene rings is 3. The number of carbonyl (C=O) groups excluding carboxylic acids is 1. The van der Waals surface area contributed by atoms with Gasteiger partial charge in [0, 0.05) is 24.2 Å². The molecule has 2 N–H and O–H groups in total. The van der Waals surface area contributed by atoms with Gasteiger partial charge in [0.1, 0.15) is 5.75 Å². The molecule has 0 radical (unpaired) electrons. The number of amides is 1. The summed E-state index contributed by atoms with van der Waals surface area (Å²) >= 11 is 0. The van der Waals surface area contributed by atoms with Crippen LogP contribution in [0, 0.1) is 12.8 Å². The highest BCUT2D eigenvalue weighted by Crippen LogP contribution is 2.47. The number of likely N-dealkylation sites (tertiary alicyclic amines) is 1. The van der Waals surface area contributed by atoms with Crippen molar-refractivity contribution in [2.75, 3.05) is 32.3 Å². The number of fused-ring (bicyclic) bond motifs is 1. The molecule has 8 nitrogen and oxygen atoms in total. The molecule has 0 bridgehead atoms. The number of nitrogens with one attached hydrogen (secondary N) is 1. The molecule has 2 heterocycles. The van der Waals surface area contributed by atoms with Crippen LogP contribution in [0.3, 0.4) is 0 Å². The first kappa shape index (κ1) is 27.0. The summed E-state index contributed by atoms with van der Waals surface area (Å²) in [5, 5.41) is 13.4. The monoisotopic (exact) mass is 518 g/mol. The van der Waals surface area contributed by atoms with E-state index >= 15 is 0 Å². The molecule has 0 spiro atoms. The van der Waals surface area contributed by atoms with E-state index in [4.69, 9.17) is 14.2 Å². The molecule has 3 unspecified atom stereocenters. The lowest BCUT2D eigenvalue weighted by Crippen LogP contribution is -2.35. The molecule has 1 fully saturated rings. The van der Waals surface area contributed by atoms with Gasteiger partial charge in [-0.2, -0.15) is 0 Å². The fourth-order valence-electron chi connectivity index (χ4n) is 5.16. The molecule has 0 aromatic heterocycles. The van der Waals surface area contributed by atoms with Crippen LogP contribution >= 0.6 is 0 Å². The molecule has 1 amide bonds. The first-order valence-electron chi connectivity index (χ1n) is 12.8. The zero-order chi connectivity index (χ0) is 27.2.